The molecule has 0 saturated carbocycles. The van der Waals surface area contributed by atoms with Gasteiger partial charge in [0.05, 0.1) is 18.3 Å². The van der Waals surface area contributed by atoms with E-state index in [4.69, 9.17) is 14.5 Å². The molecule has 7 nitrogen and oxygen atoms in total. The summed E-state index contributed by atoms with van der Waals surface area (Å²) in [5.41, 5.74) is 1.99. The lowest BCUT2D eigenvalue weighted by atomic mass is 9.91. The van der Waals surface area contributed by atoms with Gasteiger partial charge in [0.1, 0.15) is 18.5 Å². The van der Waals surface area contributed by atoms with E-state index in [0.717, 1.165) is 61.4 Å². The number of piperidine rings is 1. The molecule has 1 aromatic carbocycles. The molecule has 7 heteroatoms. The minimum atomic E-state index is -0.523. The number of nitrogens with zero attached hydrogens (tertiary/aromatic N) is 4. The number of aromatic nitrogens is 2. The van der Waals surface area contributed by atoms with E-state index in [1.807, 2.05) is 19.1 Å². The number of rotatable bonds is 7. The van der Waals surface area contributed by atoms with E-state index in [9.17, 15) is 5.11 Å². The Hall–Kier alpha value is -1.96. The highest BCUT2D eigenvalue weighted by molar-refractivity contribution is 5.85. The van der Waals surface area contributed by atoms with Gasteiger partial charge in [0.2, 0.25) is 0 Å². The van der Waals surface area contributed by atoms with E-state index >= 15 is 0 Å². The number of likely N-dealkylation sites (tertiary alicyclic amines) is 2. The lowest BCUT2D eigenvalue weighted by Crippen LogP contribution is -2.33. The maximum atomic E-state index is 10.4. The molecule has 2 aliphatic rings. The van der Waals surface area contributed by atoms with Gasteiger partial charge in [0, 0.05) is 23.9 Å². The number of aryl methyl sites for hydroxylation is 1. The molecule has 2 aromatic rings. The first-order chi connectivity index (χ1) is 14.5. The Morgan fingerprint density at radius 2 is 1.83 bits per heavy atom. The van der Waals surface area contributed by atoms with Gasteiger partial charge in [-0.1, -0.05) is 0 Å². The Morgan fingerprint density at radius 3 is 2.53 bits per heavy atom. The van der Waals surface area contributed by atoms with Gasteiger partial charge in [0.15, 0.2) is 11.5 Å². The average molecular weight is 415 g/mol. The van der Waals surface area contributed by atoms with Crippen molar-refractivity contribution >= 4 is 10.9 Å². The molecule has 0 radical (unpaired) electrons. The second kappa shape index (κ2) is 9.45. The molecule has 2 aliphatic heterocycles. The van der Waals surface area contributed by atoms with Crippen LogP contribution in [0.3, 0.4) is 0 Å². The van der Waals surface area contributed by atoms with Crippen molar-refractivity contribution in [2.75, 3.05) is 53.5 Å². The molecule has 2 saturated heterocycles. The fourth-order valence-corrected chi connectivity index (χ4v) is 4.65. The normalized spacial score (nSPS) is 20.0. The molecule has 1 atom stereocenters. The van der Waals surface area contributed by atoms with Crippen LogP contribution in [0.5, 0.6) is 11.5 Å². The third-order valence-corrected chi connectivity index (χ3v) is 6.33. The highest BCUT2D eigenvalue weighted by Gasteiger charge is 2.24. The Kier molecular flexibility index (Phi) is 6.71. The van der Waals surface area contributed by atoms with Crippen molar-refractivity contribution in [3.05, 3.63) is 23.7 Å². The summed E-state index contributed by atoms with van der Waals surface area (Å²) in [7, 11) is 3.82. The fourth-order valence-electron chi connectivity index (χ4n) is 4.65. The van der Waals surface area contributed by atoms with Crippen LogP contribution in [0.15, 0.2) is 12.1 Å². The monoisotopic (exact) mass is 414 g/mol. The smallest absolute Gasteiger partial charge is 0.163 e. The van der Waals surface area contributed by atoms with E-state index in [1.54, 1.807) is 7.11 Å². The van der Waals surface area contributed by atoms with E-state index in [1.165, 1.54) is 12.8 Å². The Labute approximate surface area is 179 Å². The van der Waals surface area contributed by atoms with Gasteiger partial charge >= 0.3 is 0 Å². The first-order valence-corrected chi connectivity index (χ1v) is 11.1. The molecular formula is C23H34N4O3. The number of aliphatic hydroxyl groups excluding tert-OH is 1. The zero-order valence-corrected chi connectivity index (χ0v) is 18.4. The van der Waals surface area contributed by atoms with Crippen molar-refractivity contribution in [3.63, 3.8) is 0 Å². The van der Waals surface area contributed by atoms with Gasteiger partial charge in [0.25, 0.3) is 0 Å². The van der Waals surface area contributed by atoms with Crippen LogP contribution >= 0.6 is 0 Å². The van der Waals surface area contributed by atoms with E-state index < -0.39 is 6.10 Å². The summed E-state index contributed by atoms with van der Waals surface area (Å²) in [6, 6.07) is 3.94. The minimum Gasteiger partial charge on any atom is -0.493 e. The van der Waals surface area contributed by atoms with Crippen molar-refractivity contribution in [3.8, 4) is 11.5 Å². The Balaban J connectivity index is 1.55. The quantitative estimate of drug-likeness (QED) is 0.747. The second-order valence-electron chi connectivity index (χ2n) is 8.73. The molecule has 0 aliphatic carbocycles. The molecule has 3 heterocycles. The van der Waals surface area contributed by atoms with Gasteiger partial charge in [-0.25, -0.2) is 9.97 Å². The lowest BCUT2D eigenvalue weighted by molar-refractivity contribution is 0.0747. The number of methoxy groups -OCH3 is 1. The molecule has 0 amide bonds. The highest BCUT2D eigenvalue weighted by Crippen LogP contribution is 2.37. The summed E-state index contributed by atoms with van der Waals surface area (Å²) < 4.78 is 11.6. The number of benzene rings is 1. The maximum Gasteiger partial charge on any atom is 0.163 e. The first kappa shape index (κ1) is 21.3. The van der Waals surface area contributed by atoms with Crippen molar-refractivity contribution < 1.29 is 14.6 Å². The molecule has 2 fully saturated rings. The Bertz CT molecular complexity index is 861. The van der Waals surface area contributed by atoms with Crippen molar-refractivity contribution in [2.45, 2.75) is 44.6 Å². The summed E-state index contributed by atoms with van der Waals surface area (Å²) in [6.45, 7) is 7.13. The van der Waals surface area contributed by atoms with Gasteiger partial charge in [-0.15, -0.1) is 0 Å². The molecular weight excluding hydrogens is 380 g/mol. The van der Waals surface area contributed by atoms with Crippen LogP contribution in [-0.4, -0.2) is 84.5 Å². The topological polar surface area (TPSA) is 71.0 Å². The first-order valence-electron chi connectivity index (χ1n) is 11.1. The minimum absolute atomic E-state index is 0.240. The Morgan fingerprint density at radius 1 is 1.10 bits per heavy atom. The van der Waals surface area contributed by atoms with E-state index in [-0.39, 0.29) is 6.61 Å². The van der Waals surface area contributed by atoms with E-state index in [0.29, 0.717) is 24.0 Å². The van der Waals surface area contributed by atoms with Gasteiger partial charge < -0.3 is 24.4 Å². The lowest BCUT2D eigenvalue weighted by Gasteiger charge is -2.29. The zero-order chi connectivity index (χ0) is 21.1. The zero-order valence-electron chi connectivity index (χ0n) is 18.4. The molecule has 0 unspecified atom stereocenters. The van der Waals surface area contributed by atoms with Crippen LogP contribution in [0.1, 0.15) is 43.1 Å². The van der Waals surface area contributed by atoms with Gasteiger partial charge in [-0.2, -0.15) is 0 Å². The van der Waals surface area contributed by atoms with Crippen molar-refractivity contribution in [1.82, 2.24) is 19.8 Å². The number of aliphatic hydroxyl groups is 1. The fraction of sp³-hybridized carbons (Fsp3) is 0.652. The number of hydrogen-bond donors (Lipinski definition) is 1. The third-order valence-electron chi connectivity index (χ3n) is 6.33. The van der Waals surface area contributed by atoms with Crippen molar-refractivity contribution in [2.24, 2.45) is 0 Å². The average Bonchev–Trinajstić information content (AvgIpc) is 3.24. The number of β-amino-alcohol motifs (C(OH)–C–C–N with tert-alkyl or cyclic N) is 1. The van der Waals surface area contributed by atoms with Crippen LogP contribution in [0.2, 0.25) is 0 Å². The molecule has 1 N–H and O–H groups in total. The van der Waals surface area contributed by atoms with Gasteiger partial charge in [-0.3, -0.25) is 0 Å². The van der Waals surface area contributed by atoms with Crippen LogP contribution in [0.4, 0.5) is 0 Å². The molecule has 164 valence electrons. The maximum absolute atomic E-state index is 10.4. The van der Waals surface area contributed by atoms with Crippen molar-refractivity contribution in [1.29, 1.82) is 0 Å². The van der Waals surface area contributed by atoms with Crippen LogP contribution in [-0.2, 0) is 0 Å². The number of ether oxygens (including phenoxy) is 2. The predicted molar refractivity (Wildman–Crippen MR) is 117 cm³/mol. The molecule has 1 aromatic heterocycles. The number of hydrogen-bond acceptors (Lipinski definition) is 7. The standard InChI is InChI=1S/C23H34N4O3/c1-16-24-20-13-22(30-15-18(28)14-27-8-4-5-9-27)21(29-3)12-19(20)23(25-16)17-6-10-26(2)11-7-17/h12-13,17-18,28H,4-11,14-15H2,1-3H3/t18-/m0/s1. The molecule has 0 spiro atoms. The van der Waals surface area contributed by atoms with Crippen LogP contribution < -0.4 is 9.47 Å². The highest BCUT2D eigenvalue weighted by atomic mass is 16.5. The molecule has 30 heavy (non-hydrogen) atoms. The summed E-state index contributed by atoms with van der Waals surface area (Å²) in [6.07, 6.45) is 4.11. The summed E-state index contributed by atoms with van der Waals surface area (Å²) in [5, 5.41) is 11.4. The SMILES string of the molecule is COc1cc2c(C3CCN(C)CC3)nc(C)nc2cc1OC[C@@H](O)CN1CCCC1. The molecule has 4 rings (SSSR count). The predicted octanol–water partition coefficient (Wildman–Crippen LogP) is 2.59. The van der Waals surface area contributed by atoms with Crippen LogP contribution in [0, 0.1) is 6.92 Å². The molecule has 0 bridgehead atoms. The summed E-state index contributed by atoms with van der Waals surface area (Å²) >= 11 is 0. The van der Waals surface area contributed by atoms with Gasteiger partial charge in [-0.05, 0) is 71.9 Å². The van der Waals surface area contributed by atoms with E-state index in [2.05, 4.69) is 21.8 Å². The summed E-state index contributed by atoms with van der Waals surface area (Å²) in [4.78, 5) is 14.1. The second-order valence-corrected chi connectivity index (χ2v) is 8.73. The summed E-state index contributed by atoms with van der Waals surface area (Å²) in [5.74, 6) is 2.50. The third kappa shape index (κ3) is 4.85. The largest absolute Gasteiger partial charge is 0.493 e. The number of fused-ring (bicyclic) bond motifs is 1. The van der Waals surface area contributed by atoms with Crippen LogP contribution in [0.25, 0.3) is 10.9 Å².